The number of carboxylic acid groups (broad SMARTS) is 3. The summed E-state index contributed by atoms with van der Waals surface area (Å²) in [5.41, 5.74) is 15.4. The van der Waals surface area contributed by atoms with Gasteiger partial charge in [0, 0.05) is 6.42 Å². The highest BCUT2D eigenvalue weighted by Crippen LogP contribution is 2.03. The zero-order valence-electron chi connectivity index (χ0n) is 17.7. The lowest BCUT2D eigenvalue weighted by Crippen LogP contribution is -2.58. The van der Waals surface area contributed by atoms with Gasteiger partial charge in [-0.2, -0.15) is 0 Å². The van der Waals surface area contributed by atoms with E-state index >= 15 is 0 Å². The van der Waals surface area contributed by atoms with Gasteiger partial charge in [0.2, 0.25) is 29.5 Å². The van der Waals surface area contributed by atoms with Crippen LogP contribution in [-0.2, 0) is 38.4 Å². The summed E-state index contributed by atoms with van der Waals surface area (Å²) in [6, 6.07) is -6.87. The lowest BCUT2D eigenvalue weighted by atomic mass is 10.1. The molecule has 0 spiro atoms. The van der Waals surface area contributed by atoms with Crippen LogP contribution >= 0.6 is 0 Å². The maximum absolute atomic E-state index is 12.6. The zero-order valence-corrected chi connectivity index (χ0v) is 17.7. The molecule has 0 aromatic heterocycles. The van der Waals surface area contributed by atoms with Crippen LogP contribution in [0.4, 0.5) is 0 Å². The predicted octanol–water partition coefficient (Wildman–Crippen LogP) is -5.06. The molecule has 0 radical (unpaired) electrons. The molecule has 4 atom stereocenters. The second-order valence-electron chi connectivity index (χ2n) is 7.00. The lowest BCUT2D eigenvalue weighted by Gasteiger charge is -2.24. The number of carbonyl (C=O) groups is 8. The molecule has 190 valence electrons. The van der Waals surface area contributed by atoms with Crippen molar-refractivity contribution in [3.8, 4) is 0 Å². The largest absolute Gasteiger partial charge is 0.481 e. The highest BCUT2D eigenvalue weighted by Gasteiger charge is 2.32. The van der Waals surface area contributed by atoms with Crippen LogP contribution in [-0.4, -0.2) is 86.9 Å². The Kier molecular flexibility index (Phi) is 12.2. The number of carbonyl (C=O) groups excluding carboxylic acids is 5. The minimum Gasteiger partial charge on any atom is -0.481 e. The number of aliphatic carboxylic acids is 3. The van der Waals surface area contributed by atoms with Gasteiger partial charge in [0.05, 0.1) is 25.3 Å². The fourth-order valence-corrected chi connectivity index (χ4v) is 2.45. The molecular weight excluding hydrogens is 464 g/mol. The molecule has 0 saturated carbocycles. The number of nitrogens with one attached hydrogen (secondary N) is 3. The molecule has 0 heterocycles. The van der Waals surface area contributed by atoms with Gasteiger partial charge in [0.15, 0.2) is 0 Å². The molecule has 0 aromatic carbocycles. The average molecular weight is 490 g/mol. The van der Waals surface area contributed by atoms with Crippen molar-refractivity contribution < 1.29 is 53.7 Å². The molecule has 12 N–H and O–H groups in total. The van der Waals surface area contributed by atoms with Crippen molar-refractivity contribution in [2.45, 2.75) is 56.3 Å². The van der Waals surface area contributed by atoms with Crippen molar-refractivity contribution in [1.82, 2.24) is 16.0 Å². The second kappa shape index (κ2) is 14.0. The predicted molar refractivity (Wildman–Crippen MR) is 108 cm³/mol. The summed E-state index contributed by atoms with van der Waals surface area (Å²) in [6.07, 6.45) is -3.51. The Bertz CT molecular complexity index is 846. The van der Waals surface area contributed by atoms with E-state index in [4.69, 9.17) is 32.5 Å². The van der Waals surface area contributed by atoms with Gasteiger partial charge in [-0.25, -0.2) is 4.79 Å². The quantitative estimate of drug-likeness (QED) is 0.0981. The topological polar surface area (TPSA) is 311 Å². The summed E-state index contributed by atoms with van der Waals surface area (Å²) < 4.78 is 0. The molecule has 4 unspecified atom stereocenters. The smallest absolute Gasteiger partial charge is 0.326 e. The van der Waals surface area contributed by atoms with Crippen LogP contribution in [0.2, 0.25) is 0 Å². The van der Waals surface area contributed by atoms with E-state index in [1.807, 2.05) is 5.32 Å². The summed E-state index contributed by atoms with van der Waals surface area (Å²) in [5.74, 6) is -10.2. The van der Waals surface area contributed by atoms with Gasteiger partial charge >= 0.3 is 17.9 Å². The van der Waals surface area contributed by atoms with E-state index in [-0.39, 0.29) is 0 Å². The SMILES string of the molecule is NC(=O)CCC(NC(=O)C(N)CC(N)=O)C(=O)NC(CC(=O)O)C(=O)NC(CC(=O)O)C(=O)O. The molecular formula is C17H26N6O11. The van der Waals surface area contributed by atoms with E-state index in [0.717, 1.165) is 0 Å². The normalized spacial score (nSPS) is 13.9. The molecule has 0 aromatic rings. The van der Waals surface area contributed by atoms with Gasteiger partial charge in [-0.15, -0.1) is 0 Å². The monoisotopic (exact) mass is 490 g/mol. The molecule has 0 aliphatic heterocycles. The van der Waals surface area contributed by atoms with Gasteiger partial charge in [-0.1, -0.05) is 0 Å². The summed E-state index contributed by atoms with van der Waals surface area (Å²) in [5, 5.41) is 32.7. The van der Waals surface area contributed by atoms with Crippen molar-refractivity contribution >= 4 is 47.4 Å². The van der Waals surface area contributed by atoms with Crippen molar-refractivity contribution in [1.29, 1.82) is 0 Å². The van der Waals surface area contributed by atoms with Crippen LogP contribution in [0.5, 0.6) is 0 Å². The van der Waals surface area contributed by atoms with Crippen LogP contribution in [0.1, 0.15) is 32.1 Å². The molecule has 34 heavy (non-hydrogen) atoms. The number of carboxylic acids is 3. The highest BCUT2D eigenvalue weighted by molar-refractivity contribution is 5.96. The van der Waals surface area contributed by atoms with E-state index < -0.39 is 104 Å². The van der Waals surface area contributed by atoms with Crippen LogP contribution in [0.15, 0.2) is 0 Å². The Morgan fingerprint density at radius 1 is 0.618 bits per heavy atom. The number of rotatable bonds is 16. The van der Waals surface area contributed by atoms with E-state index in [1.165, 1.54) is 0 Å². The van der Waals surface area contributed by atoms with Gasteiger partial charge in [0.1, 0.15) is 18.1 Å². The second-order valence-corrected chi connectivity index (χ2v) is 7.00. The Morgan fingerprint density at radius 3 is 1.50 bits per heavy atom. The number of amides is 5. The summed E-state index contributed by atoms with van der Waals surface area (Å²) in [6.45, 7) is 0. The maximum Gasteiger partial charge on any atom is 0.326 e. The first-order chi connectivity index (χ1) is 15.6. The van der Waals surface area contributed by atoms with E-state index in [0.29, 0.717) is 0 Å². The fourth-order valence-electron chi connectivity index (χ4n) is 2.45. The van der Waals surface area contributed by atoms with Crippen LogP contribution in [0.25, 0.3) is 0 Å². The van der Waals surface area contributed by atoms with E-state index in [1.54, 1.807) is 5.32 Å². The minimum atomic E-state index is -1.93. The first-order valence-corrected chi connectivity index (χ1v) is 9.53. The number of hydrogen-bond acceptors (Lipinski definition) is 9. The van der Waals surface area contributed by atoms with E-state index in [2.05, 4.69) is 5.32 Å². The van der Waals surface area contributed by atoms with Gasteiger partial charge < -0.3 is 48.5 Å². The molecule has 0 bridgehead atoms. The van der Waals surface area contributed by atoms with Crippen LogP contribution in [0, 0.1) is 0 Å². The maximum atomic E-state index is 12.6. The van der Waals surface area contributed by atoms with Gasteiger partial charge in [-0.05, 0) is 6.42 Å². The molecule has 0 aliphatic rings. The van der Waals surface area contributed by atoms with Gasteiger partial charge in [-0.3, -0.25) is 33.6 Å². The van der Waals surface area contributed by atoms with Crippen LogP contribution < -0.4 is 33.2 Å². The number of primary amides is 2. The molecule has 0 aliphatic carbocycles. The number of hydrogen-bond donors (Lipinski definition) is 9. The Hall–Kier alpha value is -4.28. The van der Waals surface area contributed by atoms with Crippen molar-refractivity contribution in [3.05, 3.63) is 0 Å². The highest BCUT2D eigenvalue weighted by atomic mass is 16.4. The van der Waals surface area contributed by atoms with E-state index in [9.17, 15) is 38.4 Å². The third-order valence-corrected chi connectivity index (χ3v) is 4.08. The molecule has 17 nitrogen and oxygen atoms in total. The first kappa shape index (κ1) is 29.7. The molecule has 5 amide bonds. The average Bonchev–Trinajstić information content (AvgIpc) is 2.68. The lowest BCUT2D eigenvalue weighted by molar-refractivity contribution is -0.148. The molecule has 17 heteroatoms. The molecule has 0 saturated heterocycles. The Balaban J connectivity index is 5.62. The summed E-state index contributed by atoms with van der Waals surface area (Å²) in [4.78, 5) is 92.2. The summed E-state index contributed by atoms with van der Waals surface area (Å²) >= 11 is 0. The molecule has 0 fully saturated rings. The molecule has 0 rings (SSSR count). The third kappa shape index (κ3) is 11.9. The van der Waals surface area contributed by atoms with Gasteiger partial charge in [0.25, 0.3) is 0 Å². The fraction of sp³-hybridized carbons (Fsp3) is 0.529. The van der Waals surface area contributed by atoms with Crippen molar-refractivity contribution in [2.24, 2.45) is 17.2 Å². The third-order valence-electron chi connectivity index (χ3n) is 4.08. The standard InChI is InChI=1S/C17H26N6O11/c18-6(3-11(20)25)14(30)21-7(1-2-10(19)24)15(31)22-8(4-12(26)27)16(32)23-9(17(33)34)5-13(28)29/h6-9H,1-5,18H2,(H2,19,24)(H2,20,25)(H,21,30)(H,22,31)(H,23,32)(H,26,27)(H,28,29)(H,33,34). The summed E-state index contributed by atoms with van der Waals surface area (Å²) in [7, 11) is 0. The van der Waals surface area contributed by atoms with Crippen molar-refractivity contribution in [2.75, 3.05) is 0 Å². The van der Waals surface area contributed by atoms with Crippen molar-refractivity contribution in [3.63, 3.8) is 0 Å². The first-order valence-electron chi connectivity index (χ1n) is 9.53. The Labute approximate surface area is 191 Å². The number of nitrogens with two attached hydrogens (primary N) is 3. The minimum absolute atomic E-state index is 0.408. The Morgan fingerprint density at radius 2 is 1.06 bits per heavy atom. The zero-order chi connectivity index (χ0) is 26.6. The van der Waals surface area contributed by atoms with Crippen LogP contribution in [0.3, 0.4) is 0 Å².